The van der Waals surface area contributed by atoms with E-state index in [-0.39, 0.29) is 5.91 Å². The van der Waals surface area contributed by atoms with Crippen molar-refractivity contribution in [3.63, 3.8) is 0 Å². The molecule has 0 unspecified atom stereocenters. The minimum absolute atomic E-state index is 0.143. The Kier molecular flexibility index (Phi) is 8.27. The maximum absolute atomic E-state index is 12.3. The predicted molar refractivity (Wildman–Crippen MR) is 128 cm³/mol. The van der Waals surface area contributed by atoms with Crippen molar-refractivity contribution >= 4 is 23.0 Å². The van der Waals surface area contributed by atoms with Crippen molar-refractivity contribution in [2.24, 2.45) is 0 Å². The minimum Gasteiger partial charge on any atom is -0.493 e. The van der Waals surface area contributed by atoms with Crippen LogP contribution in [0.2, 0.25) is 0 Å². The second-order valence-corrected chi connectivity index (χ2v) is 7.81. The molecular formula is C25H32N4O3. The molecule has 0 fully saturated rings. The SMILES string of the molecule is COc1ccc(/C=C/C(=O)NCCc2nc3ccccc3n2CCCN(C)C)cc1OC. The lowest BCUT2D eigenvalue weighted by atomic mass is 10.2. The lowest BCUT2D eigenvalue weighted by Gasteiger charge is -2.12. The quantitative estimate of drug-likeness (QED) is 0.467. The van der Waals surface area contributed by atoms with Crippen LogP contribution in [-0.2, 0) is 17.8 Å². The van der Waals surface area contributed by atoms with E-state index in [0.29, 0.717) is 24.5 Å². The number of hydrogen-bond donors (Lipinski definition) is 1. The smallest absolute Gasteiger partial charge is 0.244 e. The fourth-order valence-corrected chi connectivity index (χ4v) is 3.60. The van der Waals surface area contributed by atoms with Crippen molar-refractivity contribution in [2.45, 2.75) is 19.4 Å². The third-order valence-corrected chi connectivity index (χ3v) is 5.20. The Morgan fingerprint density at radius 1 is 1.12 bits per heavy atom. The van der Waals surface area contributed by atoms with Gasteiger partial charge in [-0.05, 0) is 63.0 Å². The lowest BCUT2D eigenvalue weighted by molar-refractivity contribution is -0.116. The van der Waals surface area contributed by atoms with Crippen molar-refractivity contribution in [2.75, 3.05) is 41.4 Å². The van der Waals surface area contributed by atoms with E-state index in [1.54, 1.807) is 20.3 Å². The number of para-hydroxylation sites is 2. The number of carbonyl (C=O) groups excluding carboxylic acids is 1. The molecule has 0 aliphatic carbocycles. The molecule has 0 aliphatic heterocycles. The fraction of sp³-hybridized carbons (Fsp3) is 0.360. The predicted octanol–water partition coefficient (Wildman–Crippen LogP) is 3.38. The number of amides is 1. The molecule has 0 saturated carbocycles. The van der Waals surface area contributed by atoms with Crippen molar-refractivity contribution < 1.29 is 14.3 Å². The molecule has 1 aromatic heterocycles. The van der Waals surface area contributed by atoms with Gasteiger partial charge in [-0.2, -0.15) is 0 Å². The number of fused-ring (bicyclic) bond motifs is 1. The van der Waals surface area contributed by atoms with E-state index >= 15 is 0 Å². The molecule has 1 N–H and O–H groups in total. The fourth-order valence-electron chi connectivity index (χ4n) is 3.60. The Morgan fingerprint density at radius 2 is 1.91 bits per heavy atom. The molecule has 0 atom stereocenters. The van der Waals surface area contributed by atoms with E-state index in [1.165, 1.54) is 6.08 Å². The normalized spacial score (nSPS) is 11.4. The average molecular weight is 437 g/mol. The van der Waals surface area contributed by atoms with E-state index in [9.17, 15) is 4.79 Å². The maximum atomic E-state index is 12.3. The Balaban J connectivity index is 1.60. The third-order valence-electron chi connectivity index (χ3n) is 5.20. The standard InChI is InChI=1S/C25H32N4O3/c1-28(2)16-7-17-29-21-9-6-5-8-20(21)27-24(29)14-15-26-25(30)13-11-19-10-12-22(31-3)23(18-19)32-4/h5-6,8-13,18H,7,14-17H2,1-4H3,(H,26,30)/b13-11+. The van der Waals surface area contributed by atoms with Crippen LogP contribution in [0.25, 0.3) is 17.1 Å². The van der Waals surface area contributed by atoms with Crippen LogP contribution in [0.1, 0.15) is 17.8 Å². The number of aryl methyl sites for hydroxylation is 1. The minimum atomic E-state index is -0.143. The van der Waals surface area contributed by atoms with Gasteiger partial charge in [0, 0.05) is 25.6 Å². The molecule has 32 heavy (non-hydrogen) atoms. The summed E-state index contributed by atoms with van der Waals surface area (Å²) in [5.74, 6) is 2.13. The Labute approximate surface area is 189 Å². The summed E-state index contributed by atoms with van der Waals surface area (Å²) in [5.41, 5.74) is 2.99. The highest BCUT2D eigenvalue weighted by atomic mass is 16.5. The number of hydrogen-bond acceptors (Lipinski definition) is 5. The van der Waals surface area contributed by atoms with Crippen LogP contribution in [0.3, 0.4) is 0 Å². The van der Waals surface area contributed by atoms with Gasteiger partial charge in [0.25, 0.3) is 0 Å². The highest BCUT2D eigenvalue weighted by Crippen LogP contribution is 2.27. The molecule has 3 aromatic rings. The molecule has 170 valence electrons. The average Bonchev–Trinajstić information content (AvgIpc) is 3.14. The summed E-state index contributed by atoms with van der Waals surface area (Å²) in [6.07, 6.45) is 5.00. The number of aromatic nitrogens is 2. The van der Waals surface area contributed by atoms with Crippen molar-refractivity contribution in [1.29, 1.82) is 0 Å². The first-order valence-electron chi connectivity index (χ1n) is 10.8. The van der Waals surface area contributed by atoms with Gasteiger partial charge in [-0.15, -0.1) is 0 Å². The Hall–Kier alpha value is -3.32. The van der Waals surface area contributed by atoms with Gasteiger partial charge in [-0.1, -0.05) is 18.2 Å². The number of methoxy groups -OCH3 is 2. The van der Waals surface area contributed by atoms with E-state index in [2.05, 4.69) is 34.9 Å². The monoisotopic (exact) mass is 436 g/mol. The van der Waals surface area contributed by atoms with E-state index in [1.807, 2.05) is 36.4 Å². The van der Waals surface area contributed by atoms with Gasteiger partial charge in [0.2, 0.25) is 5.91 Å². The Morgan fingerprint density at radius 3 is 2.66 bits per heavy atom. The third kappa shape index (κ3) is 6.11. The zero-order valence-electron chi connectivity index (χ0n) is 19.3. The molecule has 1 amide bonds. The zero-order chi connectivity index (χ0) is 22.9. The molecule has 3 rings (SSSR count). The van der Waals surface area contributed by atoms with Gasteiger partial charge in [0.15, 0.2) is 11.5 Å². The molecule has 0 aliphatic rings. The number of nitrogens with zero attached hydrogens (tertiary/aromatic N) is 3. The highest BCUT2D eigenvalue weighted by molar-refractivity contribution is 5.91. The molecule has 0 spiro atoms. The molecule has 0 bridgehead atoms. The van der Waals surface area contributed by atoms with Gasteiger partial charge in [0.05, 0.1) is 25.3 Å². The molecule has 2 aromatic carbocycles. The first-order chi connectivity index (χ1) is 15.5. The molecule has 7 nitrogen and oxygen atoms in total. The van der Waals surface area contributed by atoms with E-state index in [0.717, 1.165) is 41.9 Å². The molecule has 1 heterocycles. The summed E-state index contributed by atoms with van der Waals surface area (Å²) in [5, 5.41) is 2.96. The largest absolute Gasteiger partial charge is 0.493 e. The van der Waals surface area contributed by atoms with Gasteiger partial charge in [-0.3, -0.25) is 4.79 Å². The first-order valence-corrected chi connectivity index (χ1v) is 10.8. The summed E-state index contributed by atoms with van der Waals surface area (Å²) in [7, 11) is 7.35. The summed E-state index contributed by atoms with van der Waals surface area (Å²) < 4.78 is 12.8. The molecule has 0 radical (unpaired) electrons. The van der Waals surface area contributed by atoms with E-state index < -0.39 is 0 Å². The van der Waals surface area contributed by atoms with Crippen molar-refractivity contribution in [1.82, 2.24) is 19.8 Å². The second-order valence-electron chi connectivity index (χ2n) is 7.81. The number of imidazole rings is 1. The van der Waals surface area contributed by atoms with E-state index in [4.69, 9.17) is 14.5 Å². The summed E-state index contributed by atoms with van der Waals surface area (Å²) in [6, 6.07) is 13.7. The number of nitrogens with one attached hydrogen (secondary N) is 1. The van der Waals surface area contributed by atoms with Crippen LogP contribution < -0.4 is 14.8 Å². The van der Waals surface area contributed by atoms with Gasteiger partial charge in [0.1, 0.15) is 5.82 Å². The van der Waals surface area contributed by atoms with Crippen LogP contribution in [0.15, 0.2) is 48.5 Å². The van der Waals surface area contributed by atoms with Crippen molar-refractivity contribution in [3.8, 4) is 11.5 Å². The van der Waals surface area contributed by atoms with Crippen LogP contribution in [-0.4, -0.2) is 61.8 Å². The summed E-state index contributed by atoms with van der Waals surface area (Å²) in [4.78, 5) is 19.3. The molecular weight excluding hydrogens is 404 g/mol. The number of rotatable bonds is 11. The summed E-state index contributed by atoms with van der Waals surface area (Å²) >= 11 is 0. The summed E-state index contributed by atoms with van der Waals surface area (Å²) in [6.45, 7) is 2.44. The van der Waals surface area contributed by atoms with Gasteiger partial charge in [-0.25, -0.2) is 4.98 Å². The van der Waals surface area contributed by atoms with Crippen LogP contribution in [0.5, 0.6) is 11.5 Å². The van der Waals surface area contributed by atoms with Crippen LogP contribution in [0, 0.1) is 0 Å². The van der Waals surface area contributed by atoms with Gasteiger partial charge < -0.3 is 24.3 Å². The second kappa shape index (κ2) is 11.3. The first kappa shape index (κ1) is 23.3. The Bertz CT molecular complexity index is 1070. The lowest BCUT2D eigenvalue weighted by Crippen LogP contribution is -2.24. The number of carbonyl (C=O) groups is 1. The number of benzene rings is 2. The maximum Gasteiger partial charge on any atom is 0.244 e. The van der Waals surface area contributed by atoms with Crippen molar-refractivity contribution in [3.05, 3.63) is 59.9 Å². The van der Waals surface area contributed by atoms with Gasteiger partial charge >= 0.3 is 0 Å². The van der Waals surface area contributed by atoms with Crippen LogP contribution >= 0.6 is 0 Å². The highest BCUT2D eigenvalue weighted by Gasteiger charge is 2.10. The zero-order valence-corrected chi connectivity index (χ0v) is 19.3. The molecule has 0 saturated heterocycles. The topological polar surface area (TPSA) is 68.6 Å². The molecule has 7 heteroatoms. The number of ether oxygens (including phenoxy) is 2. The van der Waals surface area contributed by atoms with Crippen LogP contribution in [0.4, 0.5) is 0 Å².